The average Bonchev–Trinajstić information content (AvgIpc) is 3.79. The second-order valence-electron chi connectivity index (χ2n) is 12.2. The molecule has 2 atom stereocenters. The molecule has 7 nitrogen and oxygen atoms in total. The van der Waals surface area contributed by atoms with Crippen LogP contribution in [0, 0.1) is 11.6 Å². The van der Waals surface area contributed by atoms with E-state index < -0.39 is 60.6 Å². The van der Waals surface area contributed by atoms with E-state index in [1.807, 2.05) is 0 Å². The van der Waals surface area contributed by atoms with Crippen molar-refractivity contribution in [2.45, 2.75) is 25.2 Å². The third-order valence-corrected chi connectivity index (χ3v) is 12.0. The molecule has 6 aromatic rings. The maximum absolute atomic E-state index is 15.3. The van der Waals surface area contributed by atoms with Crippen molar-refractivity contribution in [3.8, 4) is 22.3 Å². The zero-order chi connectivity index (χ0) is 41.0. The maximum atomic E-state index is 15.3. The largest absolute Gasteiger partial charge is 0.386 e. The number of carbonyl (C=O) groups excluding carboxylic acids is 4. The number of anilines is 2. The van der Waals surface area contributed by atoms with E-state index in [-0.39, 0.29) is 53.4 Å². The van der Waals surface area contributed by atoms with Crippen molar-refractivity contribution in [1.82, 2.24) is 0 Å². The van der Waals surface area contributed by atoms with Crippen molar-refractivity contribution in [2.24, 2.45) is 0 Å². The van der Waals surface area contributed by atoms with Gasteiger partial charge in [0, 0.05) is 59.3 Å². The molecule has 2 heterocycles. The predicted octanol–water partition coefficient (Wildman–Crippen LogP) is 12.3. The van der Waals surface area contributed by atoms with Crippen LogP contribution in [0.15, 0.2) is 105 Å². The summed E-state index contributed by atoms with van der Waals surface area (Å²) in [6, 6.07) is 20.4. The van der Waals surface area contributed by atoms with Gasteiger partial charge in [-0.3, -0.25) is 9.59 Å². The molecule has 0 spiro atoms. The van der Waals surface area contributed by atoms with Crippen molar-refractivity contribution >= 4 is 111 Å². The summed E-state index contributed by atoms with van der Waals surface area (Å²) in [5.41, 5.74) is 0.613. The highest BCUT2D eigenvalue weighted by molar-refractivity contribution is 9.10. The lowest BCUT2D eigenvalue weighted by Gasteiger charge is -2.13. The Morgan fingerprint density at radius 3 is 1.65 bits per heavy atom. The van der Waals surface area contributed by atoms with E-state index in [0.29, 0.717) is 20.1 Å². The first-order chi connectivity index (χ1) is 27.2. The smallest absolute Gasteiger partial charge is 0.349 e. The number of halogens is 8. The highest BCUT2D eigenvalue weighted by Gasteiger charge is 2.32. The Bertz CT molecular complexity index is 2480. The van der Waals surface area contributed by atoms with Crippen LogP contribution in [0.25, 0.3) is 22.3 Å². The van der Waals surface area contributed by atoms with Crippen LogP contribution in [0.5, 0.6) is 0 Å². The van der Waals surface area contributed by atoms with E-state index in [1.54, 1.807) is 48.5 Å². The summed E-state index contributed by atoms with van der Waals surface area (Å²) >= 11 is 20.5. The normalized spacial score (nSPS) is 12.1. The van der Waals surface area contributed by atoms with Crippen LogP contribution >= 0.6 is 77.7 Å². The van der Waals surface area contributed by atoms with Gasteiger partial charge in [-0.2, -0.15) is 0 Å². The SMILES string of the molecule is O=C(OC(=O)c1c(-c2ccc(Br)cc2)csc1NC(=O)C(F)Cc1c(F)cccc1Cl)c1c(-c2ccc(Br)cc2)csc1NC(=O)C(F)Cc1cc(F)ccc1Cl. The van der Waals surface area contributed by atoms with Gasteiger partial charge in [0.15, 0.2) is 12.3 Å². The molecule has 0 aliphatic carbocycles. The summed E-state index contributed by atoms with van der Waals surface area (Å²) in [6.45, 7) is 0. The van der Waals surface area contributed by atoms with Gasteiger partial charge in [0.25, 0.3) is 11.8 Å². The van der Waals surface area contributed by atoms with Crippen molar-refractivity contribution in [2.75, 3.05) is 10.6 Å². The molecular formula is C40H24Br2Cl2F4N2O5S2. The molecule has 6 rings (SSSR count). The summed E-state index contributed by atoms with van der Waals surface area (Å²) in [4.78, 5) is 54.4. The van der Waals surface area contributed by atoms with Crippen molar-refractivity contribution in [3.63, 3.8) is 0 Å². The molecule has 2 unspecified atom stereocenters. The van der Waals surface area contributed by atoms with E-state index in [0.717, 1.165) is 40.9 Å². The lowest BCUT2D eigenvalue weighted by Crippen LogP contribution is -2.27. The van der Waals surface area contributed by atoms with Crippen LogP contribution in [-0.2, 0) is 27.2 Å². The minimum Gasteiger partial charge on any atom is -0.386 e. The predicted molar refractivity (Wildman–Crippen MR) is 222 cm³/mol. The second-order valence-corrected chi connectivity index (χ2v) is 16.6. The number of carbonyl (C=O) groups is 4. The second kappa shape index (κ2) is 18.5. The molecule has 0 fully saturated rings. The molecule has 0 radical (unpaired) electrons. The molecule has 57 heavy (non-hydrogen) atoms. The summed E-state index contributed by atoms with van der Waals surface area (Å²) in [5, 5.41) is 7.37. The Hall–Kier alpha value is -4.38. The fourth-order valence-corrected chi connectivity index (χ4v) is 8.42. The van der Waals surface area contributed by atoms with Gasteiger partial charge in [0.05, 0.1) is 0 Å². The number of benzene rings is 4. The molecule has 2 N–H and O–H groups in total. The first-order valence-electron chi connectivity index (χ1n) is 16.5. The molecule has 0 saturated heterocycles. The summed E-state index contributed by atoms with van der Waals surface area (Å²) in [5.74, 6) is -6.39. The Kier molecular flexibility index (Phi) is 13.7. The van der Waals surface area contributed by atoms with Crippen LogP contribution in [0.4, 0.5) is 27.6 Å². The van der Waals surface area contributed by atoms with E-state index >= 15 is 8.78 Å². The van der Waals surface area contributed by atoms with Crippen LogP contribution in [0.1, 0.15) is 31.8 Å². The number of nitrogens with one attached hydrogen (secondary N) is 2. The van der Waals surface area contributed by atoms with E-state index in [2.05, 4.69) is 42.5 Å². The number of alkyl halides is 2. The van der Waals surface area contributed by atoms with E-state index in [1.165, 1.54) is 29.0 Å². The topological polar surface area (TPSA) is 102 Å². The molecule has 292 valence electrons. The number of esters is 2. The Morgan fingerprint density at radius 2 is 1.16 bits per heavy atom. The quantitative estimate of drug-likeness (QED) is 0.0723. The van der Waals surface area contributed by atoms with Gasteiger partial charge in [-0.15, -0.1) is 22.7 Å². The lowest BCUT2D eigenvalue weighted by molar-refractivity contribution is -0.121. The van der Waals surface area contributed by atoms with Gasteiger partial charge >= 0.3 is 11.9 Å². The number of ether oxygens (including phenoxy) is 1. The molecular weight excluding hydrogens is 959 g/mol. The minimum atomic E-state index is -2.30. The monoisotopic (exact) mass is 980 g/mol. The number of amides is 2. The lowest BCUT2D eigenvalue weighted by atomic mass is 10.0. The molecule has 0 saturated carbocycles. The highest BCUT2D eigenvalue weighted by Crippen LogP contribution is 2.40. The molecule has 0 bridgehead atoms. The van der Waals surface area contributed by atoms with Gasteiger partial charge in [-0.05, 0) is 71.3 Å². The molecule has 2 amide bonds. The zero-order valence-corrected chi connectivity index (χ0v) is 35.0. The maximum Gasteiger partial charge on any atom is 0.349 e. The van der Waals surface area contributed by atoms with Gasteiger partial charge in [0.1, 0.15) is 32.8 Å². The average molecular weight is 983 g/mol. The zero-order valence-electron chi connectivity index (χ0n) is 28.7. The molecule has 4 aromatic carbocycles. The van der Waals surface area contributed by atoms with Gasteiger partial charge in [-0.1, -0.05) is 85.4 Å². The van der Waals surface area contributed by atoms with Crippen molar-refractivity contribution < 1.29 is 41.5 Å². The summed E-state index contributed by atoms with van der Waals surface area (Å²) < 4.78 is 65.7. The Balaban J connectivity index is 1.31. The molecule has 0 aliphatic rings. The van der Waals surface area contributed by atoms with E-state index in [4.69, 9.17) is 27.9 Å². The number of hydrogen-bond acceptors (Lipinski definition) is 7. The first kappa shape index (κ1) is 42.2. The number of rotatable bonds is 12. The highest BCUT2D eigenvalue weighted by atomic mass is 79.9. The van der Waals surface area contributed by atoms with Crippen LogP contribution in [0.3, 0.4) is 0 Å². The Morgan fingerprint density at radius 1 is 0.667 bits per heavy atom. The first-order valence-corrected chi connectivity index (χ1v) is 20.6. The van der Waals surface area contributed by atoms with Crippen LogP contribution in [-0.4, -0.2) is 36.1 Å². The van der Waals surface area contributed by atoms with Gasteiger partial charge < -0.3 is 15.4 Å². The minimum absolute atomic E-state index is 0.0432. The number of hydrogen-bond donors (Lipinski definition) is 2. The van der Waals surface area contributed by atoms with Crippen LogP contribution in [0.2, 0.25) is 10.0 Å². The van der Waals surface area contributed by atoms with E-state index in [9.17, 15) is 28.0 Å². The molecule has 2 aromatic heterocycles. The fourth-order valence-electron chi connectivity index (χ4n) is 5.54. The molecule has 0 aliphatic heterocycles. The van der Waals surface area contributed by atoms with Gasteiger partial charge in [0.2, 0.25) is 0 Å². The number of thiophene rings is 2. The van der Waals surface area contributed by atoms with Crippen molar-refractivity contribution in [1.29, 1.82) is 0 Å². The van der Waals surface area contributed by atoms with Crippen molar-refractivity contribution in [3.05, 3.63) is 149 Å². The third-order valence-electron chi connectivity index (χ3n) is 8.38. The fraction of sp³-hybridized carbons (Fsp3) is 0.100. The standard InChI is InChI=1S/C40H24Br2Cl2F4N2O5S2/c41-22-8-4-19(5-9-22)26-17-56-37(49-35(51)31(47)15-21-14-24(45)12-13-28(21)43)33(26)39(53)55-40(54)34-27(20-6-10-23(42)11-7-20)18-57-38(34)50-36(52)32(48)16-25-29(44)2-1-3-30(25)46/h1-14,17-18,31-32H,15-16H2,(H,49,51)(H,50,52). The van der Waals surface area contributed by atoms with Crippen LogP contribution < -0.4 is 10.6 Å². The molecule has 17 heteroatoms. The summed E-state index contributed by atoms with van der Waals surface area (Å²) in [7, 11) is 0. The Labute approximate surface area is 357 Å². The third kappa shape index (κ3) is 10.0. The van der Waals surface area contributed by atoms with Gasteiger partial charge in [-0.25, -0.2) is 27.2 Å². The summed E-state index contributed by atoms with van der Waals surface area (Å²) in [6.07, 6.45) is -5.82.